The molecular weight excluding hydrogens is 268 g/mol. The van der Waals surface area contributed by atoms with Crippen LogP contribution in [0, 0.1) is 6.92 Å². The van der Waals surface area contributed by atoms with Crippen molar-refractivity contribution in [2.24, 2.45) is 0 Å². The summed E-state index contributed by atoms with van der Waals surface area (Å²) in [5.41, 5.74) is 1.16. The molecular formula is C16H28N2O3. The molecule has 1 rings (SSSR count). The minimum Gasteiger partial charge on any atom is -0.503 e. The fraction of sp³-hybridized carbons (Fsp3) is 0.688. The summed E-state index contributed by atoms with van der Waals surface area (Å²) in [6.07, 6.45) is 2.83. The van der Waals surface area contributed by atoms with Crippen LogP contribution < -0.4 is 5.43 Å². The maximum atomic E-state index is 11.8. The first-order valence-electron chi connectivity index (χ1n) is 7.80. The van der Waals surface area contributed by atoms with Crippen LogP contribution in [0.1, 0.15) is 44.5 Å². The molecule has 0 spiro atoms. The lowest BCUT2D eigenvalue weighted by molar-refractivity contribution is 0.253. The van der Waals surface area contributed by atoms with Crippen molar-refractivity contribution in [3.63, 3.8) is 0 Å². The van der Waals surface area contributed by atoms with E-state index in [1.165, 1.54) is 6.07 Å². The molecule has 1 aromatic rings. The van der Waals surface area contributed by atoms with Gasteiger partial charge in [0.05, 0.1) is 5.69 Å². The SMILES string of the molecule is CCCCN(CC)Cc1c(O)c(=O)cc(C)n1CCCO. The van der Waals surface area contributed by atoms with Gasteiger partial charge in [-0.15, -0.1) is 0 Å². The van der Waals surface area contributed by atoms with Gasteiger partial charge in [0.15, 0.2) is 5.75 Å². The molecule has 1 aromatic heterocycles. The Hall–Kier alpha value is -1.33. The lowest BCUT2D eigenvalue weighted by Gasteiger charge is -2.24. The fourth-order valence-electron chi connectivity index (χ4n) is 2.46. The molecule has 0 fully saturated rings. The van der Waals surface area contributed by atoms with Crippen molar-refractivity contribution >= 4 is 0 Å². The van der Waals surface area contributed by atoms with E-state index in [2.05, 4.69) is 18.7 Å². The summed E-state index contributed by atoms with van der Waals surface area (Å²) in [4.78, 5) is 14.1. The number of hydrogen-bond acceptors (Lipinski definition) is 4. The standard InChI is InChI=1S/C16H28N2O3/c1-4-6-8-17(5-2)12-14-16(21)15(20)11-13(3)18(14)9-7-10-19/h11,19,21H,4-10,12H2,1-3H3. The average Bonchev–Trinajstić information content (AvgIpc) is 2.47. The lowest BCUT2D eigenvalue weighted by atomic mass is 10.2. The van der Waals surface area contributed by atoms with Gasteiger partial charge >= 0.3 is 0 Å². The molecule has 0 aliphatic rings. The van der Waals surface area contributed by atoms with Crippen LogP contribution in [-0.4, -0.2) is 39.4 Å². The predicted molar refractivity (Wildman–Crippen MR) is 84.7 cm³/mol. The van der Waals surface area contributed by atoms with Gasteiger partial charge in [-0.1, -0.05) is 20.3 Å². The van der Waals surface area contributed by atoms with Gasteiger partial charge in [0, 0.05) is 31.5 Å². The number of aliphatic hydroxyl groups excluding tert-OH is 1. The molecule has 0 aromatic carbocycles. The number of aryl methyl sites for hydroxylation is 1. The van der Waals surface area contributed by atoms with Gasteiger partial charge in [0.25, 0.3) is 0 Å². The number of aromatic hydroxyl groups is 1. The number of aliphatic hydroxyl groups is 1. The number of nitrogens with zero attached hydrogens (tertiary/aromatic N) is 2. The van der Waals surface area contributed by atoms with Gasteiger partial charge in [-0.05, 0) is 32.9 Å². The third kappa shape index (κ3) is 4.86. The van der Waals surface area contributed by atoms with Gasteiger partial charge in [0.1, 0.15) is 0 Å². The molecule has 5 heteroatoms. The van der Waals surface area contributed by atoms with Crippen LogP contribution in [0.4, 0.5) is 0 Å². The van der Waals surface area contributed by atoms with Crippen molar-refractivity contribution < 1.29 is 10.2 Å². The van der Waals surface area contributed by atoms with Crippen LogP contribution >= 0.6 is 0 Å². The molecule has 0 atom stereocenters. The highest BCUT2D eigenvalue weighted by Crippen LogP contribution is 2.17. The van der Waals surface area contributed by atoms with E-state index in [9.17, 15) is 9.90 Å². The van der Waals surface area contributed by atoms with E-state index in [1.807, 2.05) is 11.5 Å². The van der Waals surface area contributed by atoms with Crippen molar-refractivity contribution in [3.05, 3.63) is 27.7 Å². The smallest absolute Gasteiger partial charge is 0.223 e. The highest BCUT2D eigenvalue weighted by molar-refractivity contribution is 5.29. The van der Waals surface area contributed by atoms with Gasteiger partial charge in [-0.25, -0.2) is 0 Å². The summed E-state index contributed by atoms with van der Waals surface area (Å²) in [5.74, 6) is -0.159. The molecule has 0 saturated carbocycles. The minimum atomic E-state index is -0.325. The highest BCUT2D eigenvalue weighted by atomic mass is 16.3. The summed E-state index contributed by atoms with van der Waals surface area (Å²) in [6.45, 7) is 9.19. The van der Waals surface area contributed by atoms with Gasteiger partial charge in [-0.2, -0.15) is 0 Å². The molecule has 0 aliphatic carbocycles. The number of aromatic nitrogens is 1. The number of hydrogen-bond donors (Lipinski definition) is 2. The molecule has 120 valence electrons. The van der Waals surface area contributed by atoms with Crippen molar-refractivity contribution in [1.29, 1.82) is 0 Å². The summed E-state index contributed by atoms with van der Waals surface area (Å²) in [6, 6.07) is 1.46. The van der Waals surface area contributed by atoms with Gasteiger partial charge in [-0.3, -0.25) is 9.69 Å². The molecule has 5 nitrogen and oxygen atoms in total. The summed E-state index contributed by atoms with van der Waals surface area (Å²) in [7, 11) is 0. The molecule has 1 heterocycles. The van der Waals surface area contributed by atoms with E-state index in [0.29, 0.717) is 25.2 Å². The van der Waals surface area contributed by atoms with Crippen LogP contribution in [0.15, 0.2) is 10.9 Å². The zero-order valence-electron chi connectivity index (χ0n) is 13.4. The van der Waals surface area contributed by atoms with Crippen molar-refractivity contribution in [1.82, 2.24) is 9.47 Å². The first-order chi connectivity index (χ1) is 10.0. The molecule has 0 bridgehead atoms. The first-order valence-corrected chi connectivity index (χ1v) is 7.80. The zero-order chi connectivity index (χ0) is 15.8. The Bertz CT molecular complexity index is 497. The normalized spacial score (nSPS) is 11.3. The van der Waals surface area contributed by atoms with Crippen LogP contribution in [0.5, 0.6) is 5.75 Å². The second-order valence-electron chi connectivity index (χ2n) is 5.40. The lowest BCUT2D eigenvalue weighted by Crippen LogP contribution is -2.28. The molecule has 21 heavy (non-hydrogen) atoms. The van der Waals surface area contributed by atoms with E-state index >= 15 is 0 Å². The van der Waals surface area contributed by atoms with E-state index in [4.69, 9.17) is 5.11 Å². The Labute approximate surface area is 126 Å². The highest BCUT2D eigenvalue weighted by Gasteiger charge is 2.15. The second-order valence-corrected chi connectivity index (χ2v) is 5.40. The van der Waals surface area contributed by atoms with Crippen molar-refractivity contribution in [3.8, 4) is 5.75 Å². The third-order valence-corrected chi connectivity index (χ3v) is 3.79. The van der Waals surface area contributed by atoms with Crippen LogP contribution in [0.25, 0.3) is 0 Å². The maximum Gasteiger partial charge on any atom is 0.223 e. The van der Waals surface area contributed by atoms with Crippen molar-refractivity contribution in [2.45, 2.75) is 53.1 Å². The largest absolute Gasteiger partial charge is 0.503 e. The van der Waals surface area contributed by atoms with E-state index in [-0.39, 0.29) is 17.8 Å². The summed E-state index contributed by atoms with van der Waals surface area (Å²) < 4.78 is 1.95. The van der Waals surface area contributed by atoms with Crippen LogP contribution in [0.2, 0.25) is 0 Å². The molecule has 0 amide bonds. The number of pyridine rings is 1. The zero-order valence-corrected chi connectivity index (χ0v) is 13.4. The predicted octanol–water partition coefficient (Wildman–Crippen LogP) is 1.87. The van der Waals surface area contributed by atoms with E-state index in [0.717, 1.165) is 31.6 Å². The van der Waals surface area contributed by atoms with E-state index in [1.54, 1.807) is 0 Å². The molecule has 2 N–H and O–H groups in total. The Balaban J connectivity index is 3.09. The topological polar surface area (TPSA) is 65.7 Å². The Kier molecular flexibility index (Phi) is 7.47. The molecule has 0 saturated heterocycles. The van der Waals surface area contributed by atoms with E-state index < -0.39 is 0 Å². The average molecular weight is 296 g/mol. The number of rotatable bonds is 9. The van der Waals surface area contributed by atoms with Crippen LogP contribution in [-0.2, 0) is 13.1 Å². The molecule has 0 unspecified atom stereocenters. The first kappa shape index (κ1) is 17.7. The summed E-state index contributed by atoms with van der Waals surface area (Å²) in [5, 5.41) is 19.2. The van der Waals surface area contributed by atoms with Crippen molar-refractivity contribution in [2.75, 3.05) is 19.7 Å². The Morgan fingerprint density at radius 1 is 1.29 bits per heavy atom. The summed E-state index contributed by atoms with van der Waals surface area (Å²) >= 11 is 0. The van der Waals surface area contributed by atoms with Gasteiger partial charge < -0.3 is 14.8 Å². The molecule has 0 aliphatic heterocycles. The van der Waals surface area contributed by atoms with Gasteiger partial charge in [0.2, 0.25) is 5.43 Å². The maximum absolute atomic E-state index is 11.8. The second kappa shape index (κ2) is 8.85. The number of unbranched alkanes of at least 4 members (excludes halogenated alkanes) is 1. The van der Waals surface area contributed by atoms with Crippen LogP contribution in [0.3, 0.4) is 0 Å². The monoisotopic (exact) mass is 296 g/mol. The third-order valence-electron chi connectivity index (χ3n) is 3.79. The quantitative estimate of drug-likeness (QED) is 0.730. The minimum absolute atomic E-state index is 0.0963. The fourth-order valence-corrected chi connectivity index (χ4v) is 2.46. The Morgan fingerprint density at radius 3 is 2.57 bits per heavy atom. The Morgan fingerprint density at radius 2 is 2.00 bits per heavy atom. The molecule has 0 radical (unpaired) electrons.